The van der Waals surface area contributed by atoms with E-state index in [1.54, 1.807) is 16.7 Å². The Bertz CT molecular complexity index is 1380. The molecule has 1 N–H and O–H groups in total. The summed E-state index contributed by atoms with van der Waals surface area (Å²) < 4.78 is 10.3. The van der Waals surface area contributed by atoms with Crippen LogP contribution >= 0.6 is 0 Å². The number of esters is 1. The van der Waals surface area contributed by atoms with Gasteiger partial charge in [0.25, 0.3) is 5.91 Å². The molecule has 0 saturated carbocycles. The summed E-state index contributed by atoms with van der Waals surface area (Å²) in [6, 6.07) is 16.6. The Morgan fingerprint density at radius 3 is 2.34 bits per heavy atom. The van der Waals surface area contributed by atoms with Gasteiger partial charge < -0.3 is 24.6 Å². The number of amides is 3. The van der Waals surface area contributed by atoms with E-state index in [0.717, 1.165) is 5.56 Å². The maximum Gasteiger partial charge on any atom is 0.342 e. The van der Waals surface area contributed by atoms with Crippen LogP contribution in [0.4, 0.5) is 10.5 Å². The van der Waals surface area contributed by atoms with Crippen molar-refractivity contribution in [2.75, 3.05) is 45.3 Å². The number of rotatable bonds is 8. The zero-order valence-electron chi connectivity index (χ0n) is 24.2. The molecule has 1 aromatic heterocycles. The second kappa shape index (κ2) is 13.4. The molecule has 1 fully saturated rings. The van der Waals surface area contributed by atoms with Gasteiger partial charge in [-0.1, -0.05) is 56.3 Å². The highest BCUT2D eigenvalue weighted by atomic mass is 16.6. The van der Waals surface area contributed by atoms with Crippen molar-refractivity contribution in [2.24, 2.45) is 0 Å². The second-order valence-electron chi connectivity index (χ2n) is 10.4. The fourth-order valence-corrected chi connectivity index (χ4v) is 4.72. The SMILES string of the molecule is COCCOC(=O)c1c(C)nc(-c2ccccc2)nc1C(=O)N1CCN(C(=O)Nc2ccc(C(C)C)cc2)C(C)C1. The Labute approximate surface area is 240 Å². The first-order valence-electron chi connectivity index (χ1n) is 13.8. The predicted molar refractivity (Wildman–Crippen MR) is 156 cm³/mol. The number of urea groups is 1. The maximum atomic E-state index is 13.9. The average Bonchev–Trinajstić information content (AvgIpc) is 2.97. The molecule has 1 unspecified atom stereocenters. The number of methoxy groups -OCH3 is 1. The maximum absolute atomic E-state index is 13.9. The van der Waals surface area contributed by atoms with E-state index in [1.165, 1.54) is 12.7 Å². The molecule has 2 heterocycles. The summed E-state index contributed by atoms with van der Waals surface area (Å²) in [6.07, 6.45) is 0. The van der Waals surface area contributed by atoms with Crippen LogP contribution in [0.15, 0.2) is 54.6 Å². The minimum atomic E-state index is -0.683. The Kier molecular flexibility index (Phi) is 9.67. The van der Waals surface area contributed by atoms with E-state index >= 15 is 0 Å². The minimum absolute atomic E-state index is 0.0193. The standard InChI is InChI=1S/C31H37N5O5/c1-20(2)23-11-13-25(14-12-23)33-31(39)36-16-15-35(19-21(36)3)29(37)27-26(30(38)41-18-17-40-5)22(4)32-28(34-27)24-9-7-6-8-10-24/h6-14,20-21H,15-19H2,1-5H3,(H,33,39). The van der Waals surface area contributed by atoms with Crippen molar-refractivity contribution in [3.05, 3.63) is 77.1 Å². The van der Waals surface area contributed by atoms with Crippen LogP contribution in [0.25, 0.3) is 11.4 Å². The van der Waals surface area contributed by atoms with Crippen molar-refractivity contribution in [2.45, 2.75) is 39.7 Å². The van der Waals surface area contributed by atoms with Crippen molar-refractivity contribution in [3.8, 4) is 11.4 Å². The van der Waals surface area contributed by atoms with Crippen LogP contribution in [-0.2, 0) is 9.47 Å². The quantitative estimate of drug-likeness (QED) is 0.313. The van der Waals surface area contributed by atoms with Crippen molar-refractivity contribution in [1.82, 2.24) is 19.8 Å². The van der Waals surface area contributed by atoms with Crippen LogP contribution < -0.4 is 5.32 Å². The lowest BCUT2D eigenvalue weighted by atomic mass is 10.0. The molecule has 1 aliphatic heterocycles. The van der Waals surface area contributed by atoms with Gasteiger partial charge in [0.2, 0.25) is 0 Å². The third kappa shape index (κ3) is 7.07. The smallest absolute Gasteiger partial charge is 0.342 e. The van der Waals surface area contributed by atoms with E-state index in [2.05, 4.69) is 29.1 Å². The molecule has 0 spiro atoms. The Morgan fingerprint density at radius 1 is 1.00 bits per heavy atom. The summed E-state index contributed by atoms with van der Waals surface area (Å²) in [5.74, 6) is -0.352. The third-order valence-electron chi connectivity index (χ3n) is 7.05. The molecule has 0 radical (unpaired) electrons. The number of ether oxygens (including phenoxy) is 2. The van der Waals surface area contributed by atoms with Gasteiger partial charge in [0.05, 0.1) is 12.3 Å². The molecule has 3 aromatic rings. The third-order valence-corrected chi connectivity index (χ3v) is 7.05. The molecule has 10 heteroatoms. The van der Waals surface area contributed by atoms with Gasteiger partial charge >= 0.3 is 12.0 Å². The van der Waals surface area contributed by atoms with E-state index < -0.39 is 11.9 Å². The fraction of sp³-hybridized carbons (Fsp3) is 0.387. The molecule has 2 aromatic carbocycles. The molecular weight excluding hydrogens is 522 g/mol. The number of aryl methyl sites for hydroxylation is 1. The van der Waals surface area contributed by atoms with Gasteiger partial charge in [0.15, 0.2) is 5.82 Å². The molecule has 1 saturated heterocycles. The lowest BCUT2D eigenvalue weighted by molar-refractivity contribution is 0.0378. The predicted octanol–water partition coefficient (Wildman–Crippen LogP) is 4.76. The molecule has 4 rings (SSSR count). The van der Waals surface area contributed by atoms with Gasteiger partial charge in [-0.05, 0) is 37.5 Å². The first-order valence-corrected chi connectivity index (χ1v) is 13.8. The largest absolute Gasteiger partial charge is 0.460 e. The number of piperazine rings is 1. The number of hydrogen-bond acceptors (Lipinski definition) is 7. The molecule has 216 valence electrons. The lowest BCUT2D eigenvalue weighted by Crippen LogP contribution is -2.56. The Morgan fingerprint density at radius 2 is 1.71 bits per heavy atom. The number of anilines is 1. The summed E-state index contributed by atoms with van der Waals surface area (Å²) in [5, 5.41) is 2.96. The van der Waals surface area contributed by atoms with Crippen LogP contribution in [0.2, 0.25) is 0 Å². The van der Waals surface area contributed by atoms with Crippen LogP contribution in [-0.4, -0.2) is 83.7 Å². The summed E-state index contributed by atoms with van der Waals surface area (Å²) in [4.78, 5) is 52.4. The second-order valence-corrected chi connectivity index (χ2v) is 10.4. The van der Waals surface area contributed by atoms with Gasteiger partial charge in [0.1, 0.15) is 17.9 Å². The van der Waals surface area contributed by atoms with Gasteiger partial charge in [-0.3, -0.25) is 4.79 Å². The van der Waals surface area contributed by atoms with Crippen LogP contribution in [0.1, 0.15) is 58.8 Å². The van der Waals surface area contributed by atoms with Gasteiger partial charge in [-0.2, -0.15) is 0 Å². The van der Waals surface area contributed by atoms with E-state index in [0.29, 0.717) is 29.7 Å². The number of nitrogens with one attached hydrogen (secondary N) is 1. The molecule has 1 aliphatic rings. The summed E-state index contributed by atoms with van der Waals surface area (Å²) in [6.45, 7) is 8.94. The zero-order valence-corrected chi connectivity index (χ0v) is 24.2. The highest BCUT2D eigenvalue weighted by Crippen LogP contribution is 2.23. The summed E-state index contributed by atoms with van der Waals surface area (Å²) in [7, 11) is 1.51. The molecule has 0 aliphatic carbocycles. The number of aromatic nitrogens is 2. The first kappa shape index (κ1) is 29.7. The fourth-order valence-electron chi connectivity index (χ4n) is 4.72. The Hall–Kier alpha value is -4.31. The van der Waals surface area contributed by atoms with Crippen LogP contribution in [0, 0.1) is 6.92 Å². The molecular formula is C31H37N5O5. The van der Waals surface area contributed by atoms with Gasteiger partial charge in [-0.25, -0.2) is 19.6 Å². The number of benzene rings is 2. The lowest BCUT2D eigenvalue weighted by Gasteiger charge is -2.39. The topological polar surface area (TPSA) is 114 Å². The first-order chi connectivity index (χ1) is 19.7. The molecule has 1 atom stereocenters. The van der Waals surface area contributed by atoms with Gasteiger partial charge in [0, 0.05) is 44.0 Å². The molecule has 10 nitrogen and oxygen atoms in total. The average molecular weight is 560 g/mol. The van der Waals surface area contributed by atoms with Crippen molar-refractivity contribution >= 4 is 23.6 Å². The zero-order chi connectivity index (χ0) is 29.5. The summed E-state index contributed by atoms with van der Waals surface area (Å²) >= 11 is 0. The van der Waals surface area contributed by atoms with E-state index in [1.807, 2.05) is 61.5 Å². The van der Waals surface area contributed by atoms with Crippen LogP contribution in [0.3, 0.4) is 0 Å². The van der Waals surface area contributed by atoms with Crippen molar-refractivity contribution < 1.29 is 23.9 Å². The number of hydrogen-bond donors (Lipinski definition) is 1. The van der Waals surface area contributed by atoms with E-state index in [4.69, 9.17) is 9.47 Å². The summed E-state index contributed by atoms with van der Waals surface area (Å²) in [5.41, 5.74) is 2.99. The van der Waals surface area contributed by atoms with Gasteiger partial charge in [-0.15, -0.1) is 0 Å². The monoisotopic (exact) mass is 559 g/mol. The molecule has 41 heavy (non-hydrogen) atoms. The van der Waals surface area contributed by atoms with Crippen LogP contribution in [0.5, 0.6) is 0 Å². The normalized spacial score (nSPS) is 15.1. The Balaban J connectivity index is 1.53. The van der Waals surface area contributed by atoms with Crippen molar-refractivity contribution in [1.29, 1.82) is 0 Å². The minimum Gasteiger partial charge on any atom is -0.460 e. The number of carbonyl (C=O) groups excluding carboxylic acids is 3. The molecule has 0 bridgehead atoms. The highest BCUT2D eigenvalue weighted by Gasteiger charge is 2.34. The highest BCUT2D eigenvalue weighted by molar-refractivity contribution is 6.05. The number of nitrogens with zero attached hydrogens (tertiary/aromatic N) is 4. The molecule has 3 amide bonds. The van der Waals surface area contributed by atoms with E-state index in [9.17, 15) is 14.4 Å². The van der Waals surface area contributed by atoms with E-state index in [-0.39, 0.29) is 49.6 Å². The van der Waals surface area contributed by atoms with Crippen molar-refractivity contribution in [3.63, 3.8) is 0 Å². The number of carbonyl (C=O) groups is 3.